The van der Waals surface area contributed by atoms with Gasteiger partial charge in [0.15, 0.2) is 0 Å². The third-order valence-corrected chi connectivity index (χ3v) is 7.02. The fourth-order valence-electron chi connectivity index (χ4n) is 4.95. The molecule has 6 nitrogen and oxygen atoms in total. The Labute approximate surface area is 190 Å². The van der Waals surface area contributed by atoms with Crippen LogP contribution in [0.15, 0.2) is 42.5 Å². The second kappa shape index (κ2) is 9.12. The highest BCUT2D eigenvalue weighted by molar-refractivity contribution is 5.97. The molecule has 1 atom stereocenters. The summed E-state index contributed by atoms with van der Waals surface area (Å²) in [6.45, 7) is 5.16. The van der Waals surface area contributed by atoms with Crippen LogP contribution in [-0.2, 0) is 11.2 Å². The van der Waals surface area contributed by atoms with Gasteiger partial charge in [-0.3, -0.25) is 9.69 Å². The number of carbonyl (C=O) groups is 1. The van der Waals surface area contributed by atoms with Crippen LogP contribution in [0.1, 0.15) is 36.5 Å². The first-order valence-corrected chi connectivity index (χ1v) is 11.9. The molecule has 2 aromatic rings. The molecular weight excluding hydrogens is 402 g/mol. The summed E-state index contributed by atoms with van der Waals surface area (Å²) in [5.41, 5.74) is 4.39. The predicted octanol–water partition coefficient (Wildman–Crippen LogP) is 3.24. The molecule has 6 heteroatoms. The second-order valence-corrected chi connectivity index (χ2v) is 9.26. The van der Waals surface area contributed by atoms with Crippen LogP contribution in [0.5, 0.6) is 5.75 Å². The minimum absolute atomic E-state index is 0.238. The minimum atomic E-state index is -0.516. The quantitative estimate of drug-likeness (QED) is 0.755. The first kappa shape index (κ1) is 21.3. The number of amides is 1. The molecule has 1 saturated heterocycles. The Hall–Kier alpha value is -2.57. The van der Waals surface area contributed by atoms with E-state index in [4.69, 9.17) is 4.74 Å². The predicted molar refractivity (Wildman–Crippen MR) is 126 cm³/mol. The number of hydrogen-bond acceptors (Lipinski definition) is 5. The average molecular weight is 436 g/mol. The van der Waals surface area contributed by atoms with Crippen LogP contribution < -0.4 is 14.5 Å². The summed E-state index contributed by atoms with van der Waals surface area (Å²) in [4.78, 5) is 19.3. The maximum absolute atomic E-state index is 12.6. The lowest BCUT2D eigenvalue weighted by atomic mass is 9.96. The monoisotopic (exact) mass is 435 g/mol. The van der Waals surface area contributed by atoms with Crippen molar-refractivity contribution in [2.24, 2.45) is 5.92 Å². The van der Waals surface area contributed by atoms with E-state index in [2.05, 4.69) is 28.0 Å². The second-order valence-electron chi connectivity index (χ2n) is 9.26. The zero-order valence-electron chi connectivity index (χ0n) is 18.9. The molecule has 0 unspecified atom stereocenters. The maximum atomic E-state index is 12.6. The van der Waals surface area contributed by atoms with E-state index in [1.165, 1.54) is 11.3 Å². The minimum Gasteiger partial charge on any atom is -0.497 e. The smallest absolute Gasteiger partial charge is 0.230 e. The number of fused-ring (bicyclic) bond motifs is 1. The largest absolute Gasteiger partial charge is 0.497 e. The summed E-state index contributed by atoms with van der Waals surface area (Å²) >= 11 is 0. The lowest BCUT2D eigenvalue weighted by molar-refractivity contribution is -0.119. The van der Waals surface area contributed by atoms with Crippen LogP contribution in [0.3, 0.4) is 0 Å². The first-order valence-electron chi connectivity index (χ1n) is 11.9. The molecule has 3 aliphatic rings. The Balaban J connectivity index is 1.19. The third kappa shape index (κ3) is 4.48. The number of nitrogens with zero attached hydrogens (tertiary/aromatic N) is 3. The molecule has 0 aromatic heterocycles. The molecule has 2 aliphatic heterocycles. The maximum Gasteiger partial charge on any atom is 0.230 e. The summed E-state index contributed by atoms with van der Waals surface area (Å²) in [5, 5.41) is 10.9. The molecule has 2 heterocycles. The lowest BCUT2D eigenvalue weighted by Crippen LogP contribution is -2.47. The summed E-state index contributed by atoms with van der Waals surface area (Å²) in [6.07, 6.45) is 3.53. The van der Waals surface area contributed by atoms with E-state index in [-0.39, 0.29) is 11.8 Å². The molecule has 1 aliphatic carbocycles. The molecule has 1 saturated carbocycles. The van der Waals surface area contributed by atoms with Crippen molar-refractivity contribution in [1.29, 1.82) is 0 Å². The third-order valence-electron chi connectivity index (χ3n) is 7.02. The molecule has 32 heavy (non-hydrogen) atoms. The number of aliphatic hydroxyl groups is 1. The Kier molecular flexibility index (Phi) is 6.07. The fraction of sp³-hybridized carbons (Fsp3) is 0.500. The molecule has 0 radical (unpaired) electrons. The summed E-state index contributed by atoms with van der Waals surface area (Å²) in [6, 6.07) is 14.4. The number of rotatable bonds is 6. The van der Waals surface area contributed by atoms with Crippen molar-refractivity contribution >= 4 is 17.3 Å². The van der Waals surface area contributed by atoms with Gasteiger partial charge in [0.1, 0.15) is 5.75 Å². The first-order chi connectivity index (χ1) is 15.6. The molecule has 1 N–H and O–H groups in total. The van der Waals surface area contributed by atoms with Gasteiger partial charge in [0.05, 0.1) is 13.2 Å². The van der Waals surface area contributed by atoms with Crippen molar-refractivity contribution in [1.82, 2.24) is 4.90 Å². The number of anilines is 2. The van der Waals surface area contributed by atoms with Crippen molar-refractivity contribution in [3.05, 3.63) is 53.6 Å². The van der Waals surface area contributed by atoms with Gasteiger partial charge in [-0.05, 0) is 55.0 Å². The number of aryl methyl sites for hydroxylation is 1. The SMILES string of the molecule is COc1cccc(N2CCN(C[C@H](O)c3ccc4c(c3)CCCN4C(=O)C3CC3)CC2)c1. The highest BCUT2D eigenvalue weighted by atomic mass is 16.5. The number of hydrogen-bond donors (Lipinski definition) is 1. The molecule has 2 fully saturated rings. The Morgan fingerprint density at radius 3 is 2.66 bits per heavy atom. The van der Waals surface area contributed by atoms with Gasteiger partial charge in [-0.25, -0.2) is 0 Å². The van der Waals surface area contributed by atoms with E-state index < -0.39 is 6.10 Å². The van der Waals surface area contributed by atoms with Crippen LogP contribution in [0.25, 0.3) is 0 Å². The molecule has 0 bridgehead atoms. The fourth-order valence-corrected chi connectivity index (χ4v) is 4.95. The van der Waals surface area contributed by atoms with Crippen LogP contribution in [-0.4, -0.2) is 62.3 Å². The number of ether oxygens (including phenoxy) is 1. The number of methoxy groups -OCH3 is 1. The molecule has 170 valence electrons. The number of carbonyl (C=O) groups excluding carboxylic acids is 1. The van der Waals surface area contributed by atoms with E-state index >= 15 is 0 Å². The van der Waals surface area contributed by atoms with Crippen LogP contribution in [0.4, 0.5) is 11.4 Å². The van der Waals surface area contributed by atoms with Crippen molar-refractivity contribution in [2.45, 2.75) is 31.8 Å². The van der Waals surface area contributed by atoms with Gasteiger partial charge < -0.3 is 19.6 Å². The summed E-state index contributed by atoms with van der Waals surface area (Å²) in [7, 11) is 1.70. The van der Waals surface area contributed by atoms with E-state index in [0.717, 1.165) is 75.4 Å². The molecule has 0 spiro atoms. The van der Waals surface area contributed by atoms with Crippen molar-refractivity contribution < 1.29 is 14.6 Å². The Bertz CT molecular complexity index is 967. The Morgan fingerprint density at radius 2 is 1.91 bits per heavy atom. The molecular formula is C26H33N3O3. The van der Waals surface area contributed by atoms with Gasteiger partial charge in [-0.2, -0.15) is 0 Å². The van der Waals surface area contributed by atoms with Gasteiger partial charge in [0.2, 0.25) is 5.91 Å². The lowest BCUT2D eigenvalue weighted by Gasteiger charge is -2.37. The highest BCUT2D eigenvalue weighted by Gasteiger charge is 2.35. The van der Waals surface area contributed by atoms with Gasteiger partial charge in [0, 0.05) is 62.6 Å². The standard InChI is InChI=1S/C26H33N3O3/c1-32-23-6-2-5-22(17-23)28-14-12-27(13-15-28)18-25(30)21-9-10-24-20(16-21)4-3-11-29(24)26(31)19-7-8-19/h2,5-6,9-10,16-17,19,25,30H,3-4,7-8,11-15,18H2,1H3/t25-/m0/s1. The molecule has 1 amide bonds. The highest BCUT2D eigenvalue weighted by Crippen LogP contribution is 2.36. The van der Waals surface area contributed by atoms with Gasteiger partial charge >= 0.3 is 0 Å². The van der Waals surface area contributed by atoms with E-state index in [0.29, 0.717) is 6.54 Å². The van der Waals surface area contributed by atoms with Crippen LogP contribution >= 0.6 is 0 Å². The number of piperazine rings is 1. The van der Waals surface area contributed by atoms with Crippen molar-refractivity contribution in [2.75, 3.05) is 56.2 Å². The number of β-amino-alcohol motifs (C(OH)–C–C–N with tert-alkyl or cyclic N) is 1. The topological polar surface area (TPSA) is 56.2 Å². The van der Waals surface area contributed by atoms with Crippen molar-refractivity contribution in [3.8, 4) is 5.75 Å². The van der Waals surface area contributed by atoms with E-state index in [1.807, 2.05) is 29.2 Å². The summed E-state index contributed by atoms with van der Waals surface area (Å²) < 4.78 is 5.35. The zero-order valence-corrected chi connectivity index (χ0v) is 18.9. The normalized spacial score (nSPS) is 20.1. The van der Waals surface area contributed by atoms with Gasteiger partial charge in [0.25, 0.3) is 0 Å². The molecule has 2 aromatic carbocycles. The Morgan fingerprint density at radius 1 is 1.09 bits per heavy atom. The number of benzene rings is 2. The van der Waals surface area contributed by atoms with Crippen molar-refractivity contribution in [3.63, 3.8) is 0 Å². The number of aliphatic hydroxyl groups excluding tert-OH is 1. The molecule has 5 rings (SSSR count). The van der Waals surface area contributed by atoms with E-state index in [1.54, 1.807) is 7.11 Å². The zero-order chi connectivity index (χ0) is 22.1. The summed E-state index contributed by atoms with van der Waals surface area (Å²) in [5.74, 6) is 1.40. The van der Waals surface area contributed by atoms with E-state index in [9.17, 15) is 9.90 Å². The van der Waals surface area contributed by atoms with Gasteiger partial charge in [-0.1, -0.05) is 18.2 Å². The van der Waals surface area contributed by atoms with Gasteiger partial charge in [-0.15, -0.1) is 0 Å². The van der Waals surface area contributed by atoms with Crippen LogP contribution in [0, 0.1) is 5.92 Å². The average Bonchev–Trinajstić information content (AvgIpc) is 3.69. The van der Waals surface area contributed by atoms with Crippen LogP contribution in [0.2, 0.25) is 0 Å².